The average molecular weight is 379 g/mol. The van der Waals surface area contributed by atoms with Gasteiger partial charge in [0, 0.05) is 24.8 Å². The molecule has 1 aliphatic heterocycles. The number of carbonyl (C=O) groups excluding carboxylic acids is 1. The Labute approximate surface area is 162 Å². The number of rotatable bonds is 6. The van der Waals surface area contributed by atoms with E-state index in [1.807, 2.05) is 30.3 Å². The number of ether oxygens (including phenoxy) is 2. The zero-order chi connectivity index (χ0) is 19.7. The fourth-order valence-electron chi connectivity index (χ4n) is 3.65. The number of nitrogens with one attached hydrogen (secondary N) is 1. The molecule has 0 saturated heterocycles. The maximum atomic E-state index is 13.1. The fraction of sp³-hybridized carbons (Fsp3) is 0.238. The lowest BCUT2D eigenvalue weighted by atomic mass is 9.95. The zero-order valence-electron chi connectivity index (χ0n) is 15.7. The van der Waals surface area contributed by atoms with Crippen molar-refractivity contribution in [2.75, 3.05) is 27.4 Å². The van der Waals surface area contributed by atoms with Gasteiger partial charge in [-0.25, -0.2) is 0 Å². The molecule has 0 radical (unpaired) electrons. The van der Waals surface area contributed by atoms with Crippen molar-refractivity contribution < 1.29 is 19.4 Å². The number of amides is 1. The van der Waals surface area contributed by atoms with Gasteiger partial charge in [0.2, 0.25) is 0 Å². The van der Waals surface area contributed by atoms with Crippen LogP contribution in [0.1, 0.15) is 27.7 Å². The number of nitrogens with zero attached hydrogens (tertiary/aromatic N) is 2. The van der Waals surface area contributed by atoms with Crippen molar-refractivity contribution in [1.29, 1.82) is 0 Å². The highest BCUT2D eigenvalue weighted by Gasteiger charge is 2.42. The number of aromatic hydroxyl groups is 1. The SMILES string of the molecule is COCCN1C(=O)c2[nH]nc(-c3ccccc3O)c2[C@@H]1c1cccc(OC)c1. The van der Waals surface area contributed by atoms with Gasteiger partial charge in [-0.05, 0) is 29.8 Å². The van der Waals surface area contributed by atoms with Gasteiger partial charge in [0.05, 0.1) is 19.8 Å². The minimum atomic E-state index is -0.360. The number of para-hydroxylation sites is 1. The third-order valence-corrected chi connectivity index (χ3v) is 4.97. The Balaban J connectivity index is 1.89. The first-order valence-corrected chi connectivity index (χ1v) is 8.96. The van der Waals surface area contributed by atoms with Crippen LogP contribution in [0.5, 0.6) is 11.5 Å². The Morgan fingerprint density at radius 2 is 2.00 bits per heavy atom. The van der Waals surface area contributed by atoms with Crippen molar-refractivity contribution in [2.24, 2.45) is 0 Å². The molecular formula is C21H21N3O4. The molecule has 7 heteroatoms. The number of benzene rings is 2. The molecule has 3 aromatic rings. The molecule has 1 aromatic heterocycles. The molecule has 0 spiro atoms. The third-order valence-electron chi connectivity index (χ3n) is 4.97. The molecule has 0 saturated carbocycles. The van der Waals surface area contributed by atoms with Gasteiger partial charge in [0.25, 0.3) is 5.91 Å². The molecule has 4 rings (SSSR count). The maximum absolute atomic E-state index is 13.1. The number of phenolic OH excluding ortho intramolecular Hbond substituents is 1. The van der Waals surface area contributed by atoms with Gasteiger partial charge in [-0.3, -0.25) is 9.89 Å². The predicted molar refractivity (Wildman–Crippen MR) is 103 cm³/mol. The topological polar surface area (TPSA) is 87.7 Å². The van der Waals surface area contributed by atoms with Crippen LogP contribution in [0.25, 0.3) is 11.3 Å². The maximum Gasteiger partial charge on any atom is 0.273 e. The van der Waals surface area contributed by atoms with E-state index in [0.717, 1.165) is 11.1 Å². The van der Waals surface area contributed by atoms with Crippen LogP contribution in [-0.2, 0) is 4.74 Å². The van der Waals surface area contributed by atoms with Crippen LogP contribution in [0.3, 0.4) is 0 Å². The van der Waals surface area contributed by atoms with Crippen LogP contribution in [0.4, 0.5) is 0 Å². The van der Waals surface area contributed by atoms with Crippen molar-refractivity contribution in [3.05, 3.63) is 65.4 Å². The summed E-state index contributed by atoms with van der Waals surface area (Å²) >= 11 is 0. The number of fused-ring (bicyclic) bond motifs is 1. The van der Waals surface area contributed by atoms with Crippen molar-refractivity contribution in [2.45, 2.75) is 6.04 Å². The molecule has 0 fully saturated rings. The first kappa shape index (κ1) is 18.1. The molecule has 2 N–H and O–H groups in total. The van der Waals surface area contributed by atoms with E-state index in [1.165, 1.54) is 0 Å². The van der Waals surface area contributed by atoms with E-state index in [0.29, 0.717) is 35.9 Å². The van der Waals surface area contributed by atoms with E-state index in [-0.39, 0.29) is 17.7 Å². The summed E-state index contributed by atoms with van der Waals surface area (Å²) in [5.74, 6) is 0.677. The Bertz CT molecular complexity index is 1010. The van der Waals surface area contributed by atoms with Gasteiger partial charge in [-0.2, -0.15) is 5.10 Å². The monoisotopic (exact) mass is 379 g/mol. The summed E-state index contributed by atoms with van der Waals surface area (Å²) in [7, 11) is 3.22. The van der Waals surface area contributed by atoms with Crippen molar-refractivity contribution in [3.63, 3.8) is 0 Å². The van der Waals surface area contributed by atoms with E-state index in [1.54, 1.807) is 37.3 Å². The number of methoxy groups -OCH3 is 2. The predicted octanol–water partition coefficient (Wildman–Crippen LogP) is 2.98. The Morgan fingerprint density at radius 3 is 2.75 bits per heavy atom. The van der Waals surface area contributed by atoms with Crippen LogP contribution in [0.2, 0.25) is 0 Å². The second-order valence-corrected chi connectivity index (χ2v) is 6.55. The molecule has 0 aliphatic carbocycles. The Kier molecular flexibility index (Phi) is 4.75. The van der Waals surface area contributed by atoms with Crippen LogP contribution < -0.4 is 4.74 Å². The molecular weight excluding hydrogens is 358 g/mol. The standard InChI is InChI=1S/C21H21N3O4/c1-27-11-10-24-20(13-6-5-7-14(12-13)28-2)17-18(22-23-19(17)21(24)26)15-8-3-4-9-16(15)25/h3-9,12,20,25H,10-11H2,1-2H3,(H,22,23)/t20-/m0/s1. The number of phenols is 1. The fourth-order valence-corrected chi connectivity index (χ4v) is 3.65. The first-order valence-electron chi connectivity index (χ1n) is 8.96. The van der Waals surface area contributed by atoms with Gasteiger partial charge in [-0.15, -0.1) is 0 Å². The highest BCUT2D eigenvalue weighted by atomic mass is 16.5. The number of hydrogen-bond acceptors (Lipinski definition) is 5. The quantitative estimate of drug-likeness (QED) is 0.687. The van der Waals surface area contributed by atoms with Crippen LogP contribution in [-0.4, -0.2) is 53.5 Å². The number of aromatic nitrogens is 2. The Morgan fingerprint density at radius 1 is 1.18 bits per heavy atom. The van der Waals surface area contributed by atoms with Gasteiger partial charge >= 0.3 is 0 Å². The second kappa shape index (κ2) is 7.36. The first-order chi connectivity index (χ1) is 13.7. The lowest BCUT2D eigenvalue weighted by Gasteiger charge is -2.26. The summed E-state index contributed by atoms with van der Waals surface area (Å²) in [4.78, 5) is 14.8. The number of H-pyrrole nitrogens is 1. The van der Waals surface area contributed by atoms with E-state index in [9.17, 15) is 9.90 Å². The molecule has 1 aliphatic rings. The van der Waals surface area contributed by atoms with E-state index in [2.05, 4.69) is 10.2 Å². The van der Waals surface area contributed by atoms with Crippen molar-refractivity contribution in [3.8, 4) is 22.8 Å². The van der Waals surface area contributed by atoms with Gasteiger partial charge in [-0.1, -0.05) is 24.3 Å². The summed E-state index contributed by atoms with van der Waals surface area (Å²) in [6.07, 6.45) is 0. The summed E-state index contributed by atoms with van der Waals surface area (Å²) < 4.78 is 10.6. The third kappa shape index (κ3) is 2.90. The van der Waals surface area contributed by atoms with E-state index < -0.39 is 0 Å². The molecule has 28 heavy (non-hydrogen) atoms. The normalized spacial score (nSPS) is 15.7. The second-order valence-electron chi connectivity index (χ2n) is 6.55. The van der Waals surface area contributed by atoms with Crippen LogP contribution in [0.15, 0.2) is 48.5 Å². The highest BCUT2D eigenvalue weighted by Crippen LogP contribution is 2.44. The van der Waals surface area contributed by atoms with Gasteiger partial charge < -0.3 is 19.5 Å². The molecule has 144 valence electrons. The van der Waals surface area contributed by atoms with E-state index >= 15 is 0 Å². The number of hydrogen-bond donors (Lipinski definition) is 2. The smallest absolute Gasteiger partial charge is 0.273 e. The minimum Gasteiger partial charge on any atom is -0.507 e. The van der Waals surface area contributed by atoms with Gasteiger partial charge in [0.1, 0.15) is 22.9 Å². The van der Waals surface area contributed by atoms with E-state index in [4.69, 9.17) is 9.47 Å². The largest absolute Gasteiger partial charge is 0.507 e. The zero-order valence-corrected chi connectivity index (χ0v) is 15.7. The van der Waals surface area contributed by atoms with Crippen LogP contribution >= 0.6 is 0 Å². The molecule has 2 heterocycles. The summed E-state index contributed by atoms with van der Waals surface area (Å²) in [5, 5.41) is 17.6. The molecule has 7 nitrogen and oxygen atoms in total. The lowest BCUT2D eigenvalue weighted by molar-refractivity contribution is 0.0677. The highest BCUT2D eigenvalue weighted by molar-refractivity contribution is 6.00. The van der Waals surface area contributed by atoms with Crippen molar-refractivity contribution in [1.82, 2.24) is 15.1 Å². The average Bonchev–Trinajstić information content (AvgIpc) is 3.26. The minimum absolute atomic E-state index is 0.115. The van der Waals surface area contributed by atoms with Crippen LogP contribution in [0, 0.1) is 0 Å². The van der Waals surface area contributed by atoms with Crippen molar-refractivity contribution >= 4 is 5.91 Å². The summed E-state index contributed by atoms with van der Waals surface area (Å²) in [6, 6.07) is 14.2. The Hall–Kier alpha value is -3.32. The molecule has 1 amide bonds. The molecule has 2 aromatic carbocycles. The molecule has 0 unspecified atom stereocenters. The summed E-state index contributed by atoms with van der Waals surface area (Å²) in [6.45, 7) is 0.843. The van der Waals surface area contributed by atoms with Gasteiger partial charge in [0.15, 0.2) is 0 Å². The number of aromatic amines is 1. The molecule has 1 atom stereocenters. The molecule has 0 bridgehead atoms. The summed E-state index contributed by atoms with van der Waals surface area (Å²) in [5.41, 5.74) is 3.22. The number of carbonyl (C=O) groups is 1. The lowest BCUT2D eigenvalue weighted by Crippen LogP contribution is -2.32.